The highest BCUT2D eigenvalue weighted by Crippen LogP contribution is 2.37. The number of hydrogen-bond donors (Lipinski definition) is 0. The molecule has 0 saturated heterocycles. The lowest BCUT2D eigenvalue weighted by Gasteiger charge is -2.49. The van der Waals surface area contributed by atoms with Crippen molar-refractivity contribution in [3.8, 4) is 0 Å². The van der Waals surface area contributed by atoms with E-state index in [1.165, 1.54) is 17.1 Å². The molecule has 0 aromatic carbocycles. The van der Waals surface area contributed by atoms with E-state index in [-0.39, 0.29) is 0 Å². The molecule has 36 heavy (non-hydrogen) atoms. The van der Waals surface area contributed by atoms with E-state index in [0.717, 1.165) is 56.0 Å². The highest BCUT2D eigenvalue weighted by atomic mass is 15.2. The Morgan fingerprint density at radius 1 is 0.556 bits per heavy atom. The van der Waals surface area contributed by atoms with Crippen LogP contribution >= 0.6 is 0 Å². The fourth-order valence-corrected chi connectivity index (χ4v) is 6.21. The number of aromatic nitrogens is 3. The number of rotatable bonds is 9. The Morgan fingerprint density at radius 3 is 1.06 bits per heavy atom. The lowest BCUT2D eigenvalue weighted by atomic mass is 9.83. The molecule has 0 bridgehead atoms. The molecule has 0 aliphatic heterocycles. The Hall–Kier alpha value is -3.15. The molecular formula is C30H42N6. The molecule has 1 saturated carbocycles. The molecule has 0 atom stereocenters. The van der Waals surface area contributed by atoms with E-state index in [9.17, 15) is 0 Å². The van der Waals surface area contributed by atoms with Gasteiger partial charge in [-0.2, -0.15) is 0 Å². The van der Waals surface area contributed by atoms with Crippen LogP contribution in [0.5, 0.6) is 0 Å². The third-order valence-electron chi connectivity index (χ3n) is 7.84. The lowest BCUT2D eigenvalue weighted by Crippen LogP contribution is -2.54. The monoisotopic (exact) mass is 486 g/mol. The van der Waals surface area contributed by atoms with Crippen molar-refractivity contribution < 1.29 is 0 Å². The normalized spacial score (nSPS) is 19.7. The summed E-state index contributed by atoms with van der Waals surface area (Å²) in [6.45, 7) is 16.1. The number of hydrogen-bond acceptors (Lipinski definition) is 6. The van der Waals surface area contributed by atoms with Gasteiger partial charge in [0.15, 0.2) is 0 Å². The van der Waals surface area contributed by atoms with Crippen LogP contribution in [0.1, 0.15) is 57.1 Å². The summed E-state index contributed by atoms with van der Waals surface area (Å²) >= 11 is 0. The van der Waals surface area contributed by atoms with Crippen molar-refractivity contribution in [3.05, 3.63) is 72.1 Å². The number of pyridine rings is 3. The average molecular weight is 487 g/mol. The standard InChI is InChI=1S/C30H42N6/c1-7-34(28-13-10-16-31-22(28)4)25-19-26(35(8-2)29-14-11-17-32-23(29)5)21-27(20-25)36(9-3)30-15-12-18-33-24(30)6/h10-18,25-27H,7-9,19-21H2,1-6H3. The van der Waals surface area contributed by atoms with Gasteiger partial charge in [-0.15, -0.1) is 0 Å². The van der Waals surface area contributed by atoms with Crippen LogP contribution in [0.3, 0.4) is 0 Å². The van der Waals surface area contributed by atoms with Crippen LogP contribution in [0.25, 0.3) is 0 Å². The minimum atomic E-state index is 0.415. The van der Waals surface area contributed by atoms with Gasteiger partial charge in [-0.05, 0) is 97.2 Å². The third kappa shape index (κ3) is 5.32. The van der Waals surface area contributed by atoms with Crippen molar-refractivity contribution in [1.82, 2.24) is 15.0 Å². The third-order valence-corrected chi connectivity index (χ3v) is 7.84. The zero-order valence-electron chi connectivity index (χ0n) is 22.9. The van der Waals surface area contributed by atoms with Crippen LogP contribution < -0.4 is 14.7 Å². The molecule has 0 spiro atoms. The summed E-state index contributed by atoms with van der Waals surface area (Å²) in [5, 5.41) is 0. The first-order valence-electron chi connectivity index (χ1n) is 13.5. The molecule has 1 aliphatic carbocycles. The fourth-order valence-electron chi connectivity index (χ4n) is 6.21. The second-order valence-electron chi connectivity index (χ2n) is 9.85. The number of nitrogens with zero attached hydrogens (tertiary/aromatic N) is 6. The van der Waals surface area contributed by atoms with Crippen LogP contribution in [-0.4, -0.2) is 52.7 Å². The van der Waals surface area contributed by atoms with E-state index < -0.39 is 0 Å². The lowest BCUT2D eigenvalue weighted by molar-refractivity contribution is 0.315. The average Bonchev–Trinajstić information content (AvgIpc) is 2.89. The van der Waals surface area contributed by atoms with Crippen molar-refractivity contribution in [3.63, 3.8) is 0 Å². The number of anilines is 3. The topological polar surface area (TPSA) is 48.4 Å². The van der Waals surface area contributed by atoms with Crippen LogP contribution in [-0.2, 0) is 0 Å². The van der Waals surface area contributed by atoms with Gasteiger partial charge in [-0.3, -0.25) is 15.0 Å². The van der Waals surface area contributed by atoms with E-state index in [1.54, 1.807) is 0 Å². The smallest absolute Gasteiger partial charge is 0.0605 e. The minimum Gasteiger partial charge on any atom is -0.367 e. The van der Waals surface area contributed by atoms with E-state index in [1.807, 2.05) is 18.6 Å². The molecule has 1 aliphatic rings. The Balaban J connectivity index is 1.74. The van der Waals surface area contributed by atoms with Crippen molar-refractivity contribution in [2.24, 2.45) is 0 Å². The summed E-state index contributed by atoms with van der Waals surface area (Å²) in [7, 11) is 0. The van der Waals surface area contributed by atoms with Crippen molar-refractivity contribution in [2.75, 3.05) is 34.3 Å². The molecule has 192 valence electrons. The maximum absolute atomic E-state index is 4.62. The molecule has 0 radical (unpaired) electrons. The molecule has 6 nitrogen and oxygen atoms in total. The van der Waals surface area contributed by atoms with E-state index in [2.05, 4.69) is 108 Å². The van der Waals surface area contributed by atoms with Gasteiger partial charge >= 0.3 is 0 Å². The van der Waals surface area contributed by atoms with E-state index >= 15 is 0 Å². The van der Waals surface area contributed by atoms with Crippen LogP contribution in [0, 0.1) is 20.8 Å². The minimum absolute atomic E-state index is 0.415. The predicted molar refractivity (Wildman–Crippen MR) is 151 cm³/mol. The molecule has 4 rings (SSSR count). The van der Waals surface area contributed by atoms with Gasteiger partial charge in [0.2, 0.25) is 0 Å². The second-order valence-corrected chi connectivity index (χ2v) is 9.85. The first kappa shape index (κ1) is 25.9. The molecule has 3 heterocycles. The van der Waals surface area contributed by atoms with Crippen LogP contribution in [0.2, 0.25) is 0 Å². The molecular weight excluding hydrogens is 444 g/mol. The molecule has 1 fully saturated rings. The molecule has 0 amide bonds. The van der Waals surface area contributed by atoms with Gasteiger partial charge < -0.3 is 14.7 Å². The molecule has 0 N–H and O–H groups in total. The Kier molecular flexibility index (Phi) is 8.44. The van der Waals surface area contributed by atoms with Crippen LogP contribution in [0.4, 0.5) is 17.1 Å². The summed E-state index contributed by atoms with van der Waals surface area (Å²) in [5.74, 6) is 0. The Morgan fingerprint density at radius 2 is 0.833 bits per heavy atom. The SMILES string of the molecule is CCN(c1cccnc1C)C1CC(N(CC)c2cccnc2C)CC(N(CC)c2cccnc2C)C1. The molecule has 0 unspecified atom stereocenters. The molecule has 6 heteroatoms. The van der Waals surface area contributed by atoms with Crippen LogP contribution in [0.15, 0.2) is 55.0 Å². The molecule has 3 aromatic rings. The Labute approximate surface area is 217 Å². The van der Waals surface area contributed by atoms with E-state index in [0.29, 0.717) is 18.1 Å². The van der Waals surface area contributed by atoms with Gasteiger partial charge in [-0.1, -0.05) is 0 Å². The van der Waals surface area contributed by atoms with Crippen molar-refractivity contribution in [2.45, 2.75) is 78.9 Å². The first-order valence-corrected chi connectivity index (χ1v) is 13.5. The second kappa shape index (κ2) is 11.7. The maximum Gasteiger partial charge on any atom is 0.0605 e. The zero-order chi connectivity index (χ0) is 25.7. The van der Waals surface area contributed by atoms with Gasteiger partial charge in [-0.25, -0.2) is 0 Å². The van der Waals surface area contributed by atoms with Gasteiger partial charge in [0.25, 0.3) is 0 Å². The van der Waals surface area contributed by atoms with E-state index in [4.69, 9.17) is 0 Å². The first-order chi connectivity index (χ1) is 17.5. The summed E-state index contributed by atoms with van der Waals surface area (Å²) in [6, 6.07) is 14.1. The highest BCUT2D eigenvalue weighted by Gasteiger charge is 2.38. The molecule has 3 aromatic heterocycles. The Bertz CT molecular complexity index is 984. The van der Waals surface area contributed by atoms with Gasteiger partial charge in [0.05, 0.1) is 34.1 Å². The predicted octanol–water partition coefficient (Wildman–Crippen LogP) is 5.97. The zero-order valence-corrected chi connectivity index (χ0v) is 22.9. The van der Waals surface area contributed by atoms with Gasteiger partial charge in [0.1, 0.15) is 0 Å². The largest absolute Gasteiger partial charge is 0.367 e. The quantitative estimate of drug-likeness (QED) is 0.372. The van der Waals surface area contributed by atoms with Crippen molar-refractivity contribution >= 4 is 17.1 Å². The fraction of sp³-hybridized carbons (Fsp3) is 0.500. The highest BCUT2D eigenvalue weighted by molar-refractivity contribution is 5.55. The summed E-state index contributed by atoms with van der Waals surface area (Å²) in [5.41, 5.74) is 7.07. The number of aryl methyl sites for hydroxylation is 3. The summed E-state index contributed by atoms with van der Waals surface area (Å²) < 4.78 is 0. The summed E-state index contributed by atoms with van der Waals surface area (Å²) in [6.07, 6.45) is 9.03. The van der Waals surface area contributed by atoms with Crippen molar-refractivity contribution in [1.29, 1.82) is 0 Å². The maximum atomic E-state index is 4.62. The van der Waals surface area contributed by atoms with Gasteiger partial charge in [0, 0.05) is 56.4 Å². The summed E-state index contributed by atoms with van der Waals surface area (Å²) in [4.78, 5) is 21.6.